The van der Waals surface area contributed by atoms with Crippen LogP contribution in [0.1, 0.15) is 0 Å². The van der Waals surface area contributed by atoms with Crippen LogP contribution < -0.4 is 0 Å². The number of aliphatic hydroxyl groups is 1. The summed E-state index contributed by atoms with van der Waals surface area (Å²) in [5, 5.41) is 9.45. The van der Waals surface area contributed by atoms with Gasteiger partial charge in [0.15, 0.2) is 0 Å². The molecule has 0 saturated heterocycles. The topological polar surface area (TPSA) is 66.4 Å². The first kappa shape index (κ1) is 20.9. The van der Waals surface area contributed by atoms with Crippen molar-refractivity contribution in [2.45, 2.75) is 13.1 Å². The zero-order valence-corrected chi connectivity index (χ0v) is 17.0. The Hall–Kier alpha value is -0.109. The van der Waals surface area contributed by atoms with E-state index >= 15 is 0 Å². The molecule has 21 heavy (non-hydrogen) atoms. The number of hydrogen-bond donors (Lipinski definition) is 1. The molecule has 9 heteroatoms. The van der Waals surface area contributed by atoms with Gasteiger partial charge in [0.25, 0.3) is 0 Å². The molecule has 0 saturated carbocycles. The second kappa shape index (κ2) is 9.12. The lowest BCUT2D eigenvalue weighted by Crippen LogP contribution is -2.44. The van der Waals surface area contributed by atoms with E-state index in [4.69, 9.17) is 22.1 Å². The second-order valence-corrected chi connectivity index (χ2v) is 15.2. The van der Waals surface area contributed by atoms with E-state index < -0.39 is 25.4 Å². The first-order valence-electron chi connectivity index (χ1n) is 6.55. The Bertz CT molecular complexity index is 302. The lowest BCUT2D eigenvalue weighted by molar-refractivity contribution is 0.138. The van der Waals surface area contributed by atoms with Crippen LogP contribution in [0.2, 0.25) is 13.1 Å². The van der Waals surface area contributed by atoms with Crippen molar-refractivity contribution in [2.24, 2.45) is 0 Å². The minimum Gasteiger partial charge on any atom is -0.394 e. The molecule has 0 unspecified atom stereocenters. The van der Waals surface area contributed by atoms with E-state index in [1.165, 1.54) is 0 Å². The van der Waals surface area contributed by atoms with E-state index in [9.17, 15) is 5.11 Å². The maximum absolute atomic E-state index is 9.45. The first-order chi connectivity index (χ1) is 9.78. The maximum Gasteiger partial charge on any atom is 0.528 e. The highest BCUT2D eigenvalue weighted by atomic mass is 28.4. The molecule has 0 aliphatic carbocycles. The molecule has 1 N–H and O–H groups in total. The zero-order chi connectivity index (χ0) is 16.6. The summed E-state index contributed by atoms with van der Waals surface area (Å²) in [6.07, 6.45) is -0.113. The van der Waals surface area contributed by atoms with Gasteiger partial charge in [-0.15, -0.1) is 0 Å². The van der Waals surface area contributed by atoms with Crippen molar-refractivity contribution >= 4 is 25.4 Å². The van der Waals surface area contributed by atoms with E-state index in [1.54, 1.807) is 35.5 Å². The van der Waals surface area contributed by atoms with E-state index in [0.29, 0.717) is 0 Å². The summed E-state index contributed by atoms with van der Waals surface area (Å²) >= 11 is 0. The summed E-state index contributed by atoms with van der Waals surface area (Å²) < 4.78 is 26.8. The van der Waals surface area contributed by atoms with Crippen LogP contribution in [0.4, 0.5) is 0 Å². The molecule has 0 amide bonds. The number of aliphatic hydroxyl groups excluding tert-OH is 1. The number of rotatable bonds is 10. The van der Waals surface area contributed by atoms with E-state index in [2.05, 4.69) is 24.5 Å². The van der Waals surface area contributed by atoms with Crippen molar-refractivity contribution in [1.29, 1.82) is 0 Å². The van der Waals surface area contributed by atoms with Gasteiger partial charge in [0.2, 0.25) is 0 Å². The Balaban J connectivity index is 5.14. The van der Waals surface area contributed by atoms with E-state index in [1.807, 2.05) is 11.4 Å². The number of hydrogen-bond acceptors (Lipinski definition) is 6. The maximum atomic E-state index is 9.45. The van der Waals surface area contributed by atoms with Crippen LogP contribution in [0.25, 0.3) is 0 Å². The SMILES string of the molecule is CO[Si](C=C[Si](C)(C)C=C[Si](OC)(OC)OC)(CO)OC. The molecule has 0 heterocycles. The van der Waals surface area contributed by atoms with Gasteiger partial charge in [0.1, 0.15) is 0 Å². The molecule has 0 spiro atoms. The van der Waals surface area contributed by atoms with Crippen molar-refractivity contribution < 1.29 is 27.2 Å². The summed E-state index contributed by atoms with van der Waals surface area (Å²) in [5.74, 6) is 0. The summed E-state index contributed by atoms with van der Waals surface area (Å²) in [6.45, 7) is 4.31. The molecule has 0 aromatic carbocycles. The molecule has 0 bridgehead atoms. The monoisotopic (exact) mass is 352 g/mol. The quantitative estimate of drug-likeness (QED) is 0.594. The minimum atomic E-state index is -2.71. The second-order valence-electron chi connectivity index (χ2n) is 5.08. The van der Waals surface area contributed by atoms with Gasteiger partial charge >= 0.3 is 17.4 Å². The highest BCUT2D eigenvalue weighted by Crippen LogP contribution is 2.15. The van der Waals surface area contributed by atoms with Crippen LogP contribution in [0, 0.1) is 0 Å². The molecule has 0 aromatic rings. The molecule has 124 valence electrons. The van der Waals surface area contributed by atoms with Crippen molar-refractivity contribution in [3.63, 3.8) is 0 Å². The molecule has 0 aromatic heterocycles. The molecule has 0 radical (unpaired) electrons. The molecule has 0 fully saturated rings. The van der Waals surface area contributed by atoms with Gasteiger partial charge in [-0.2, -0.15) is 0 Å². The van der Waals surface area contributed by atoms with Crippen LogP contribution in [0.15, 0.2) is 22.8 Å². The van der Waals surface area contributed by atoms with Gasteiger partial charge in [-0.05, 0) is 11.4 Å². The molecule has 0 atom stereocenters. The average molecular weight is 353 g/mol. The summed E-state index contributed by atoms with van der Waals surface area (Å²) in [5.41, 5.74) is 7.96. The normalized spacial score (nSPS) is 14.5. The predicted molar refractivity (Wildman–Crippen MR) is 89.4 cm³/mol. The Morgan fingerprint density at radius 2 is 1.14 bits per heavy atom. The Morgan fingerprint density at radius 1 is 0.714 bits per heavy atom. The summed E-state index contributed by atoms with van der Waals surface area (Å²) in [6, 6.07) is 0. The Labute approximate surface area is 130 Å². The fourth-order valence-corrected chi connectivity index (χ4v) is 8.66. The molecule has 0 aliphatic rings. The van der Waals surface area contributed by atoms with Crippen molar-refractivity contribution in [2.75, 3.05) is 41.8 Å². The summed E-state index contributed by atoms with van der Waals surface area (Å²) in [7, 11) is 0.676. The van der Waals surface area contributed by atoms with Crippen LogP contribution in [-0.4, -0.2) is 72.3 Å². The third-order valence-electron chi connectivity index (χ3n) is 3.25. The smallest absolute Gasteiger partial charge is 0.394 e. The molecule has 0 aliphatic heterocycles. The van der Waals surface area contributed by atoms with Crippen molar-refractivity contribution in [1.82, 2.24) is 0 Å². The third-order valence-corrected chi connectivity index (χ3v) is 10.7. The Morgan fingerprint density at radius 3 is 1.48 bits per heavy atom. The molecular weight excluding hydrogens is 324 g/mol. The van der Waals surface area contributed by atoms with Crippen LogP contribution in [0.3, 0.4) is 0 Å². The summed E-state index contributed by atoms with van der Waals surface area (Å²) in [4.78, 5) is 0. The molecule has 0 rings (SSSR count). The van der Waals surface area contributed by atoms with Gasteiger partial charge in [0.05, 0.1) is 14.3 Å². The van der Waals surface area contributed by atoms with Gasteiger partial charge in [-0.25, -0.2) is 0 Å². The largest absolute Gasteiger partial charge is 0.528 e. The van der Waals surface area contributed by atoms with Gasteiger partial charge in [0, 0.05) is 35.5 Å². The lowest BCUT2D eigenvalue weighted by Gasteiger charge is -2.24. The van der Waals surface area contributed by atoms with E-state index in [0.717, 1.165) is 0 Å². The molecule has 6 nitrogen and oxygen atoms in total. The lowest BCUT2D eigenvalue weighted by atomic mass is 11.2. The first-order valence-corrected chi connectivity index (χ1v) is 13.6. The minimum absolute atomic E-state index is 0.113. The highest BCUT2D eigenvalue weighted by Gasteiger charge is 2.36. The Kier molecular flexibility index (Phi) is 9.08. The zero-order valence-electron chi connectivity index (χ0n) is 14.0. The van der Waals surface area contributed by atoms with Gasteiger partial charge in [-0.3, -0.25) is 0 Å². The van der Waals surface area contributed by atoms with Crippen LogP contribution in [-0.2, 0) is 22.1 Å². The fraction of sp³-hybridized carbons (Fsp3) is 0.667. The predicted octanol–water partition coefficient (Wildman–Crippen LogP) is 1.11. The van der Waals surface area contributed by atoms with Crippen molar-refractivity contribution in [3.8, 4) is 0 Å². The fourth-order valence-electron chi connectivity index (χ4n) is 1.57. The van der Waals surface area contributed by atoms with Crippen molar-refractivity contribution in [3.05, 3.63) is 22.8 Å². The third kappa shape index (κ3) is 6.26. The van der Waals surface area contributed by atoms with Crippen LogP contribution in [0.5, 0.6) is 0 Å². The average Bonchev–Trinajstić information content (AvgIpc) is 2.51. The highest BCUT2D eigenvalue weighted by molar-refractivity contribution is 6.89. The van der Waals surface area contributed by atoms with Gasteiger partial charge in [-0.1, -0.05) is 24.5 Å². The van der Waals surface area contributed by atoms with Gasteiger partial charge < -0.3 is 27.2 Å². The molecular formula is C12H28O6Si3. The van der Waals surface area contributed by atoms with Crippen LogP contribution >= 0.6 is 0 Å². The van der Waals surface area contributed by atoms with E-state index in [-0.39, 0.29) is 6.23 Å². The standard InChI is InChI=1S/C12H28O6Si3/c1-14-20(12-13,15-2)10-8-19(6,7)9-11-21(16-3,17-4)18-5/h8-11,13H,12H2,1-7H3.